The highest BCUT2D eigenvalue weighted by molar-refractivity contribution is 7.89. The van der Waals surface area contributed by atoms with Gasteiger partial charge < -0.3 is 4.90 Å². The second-order valence-corrected chi connectivity index (χ2v) is 10.0. The van der Waals surface area contributed by atoms with Gasteiger partial charge in [0.25, 0.3) is 0 Å². The molecule has 2 atom stereocenters. The monoisotopic (exact) mass is 468 g/mol. The van der Waals surface area contributed by atoms with Gasteiger partial charge in [0.1, 0.15) is 12.2 Å². The Morgan fingerprint density at radius 3 is 1.65 bits per heavy atom. The van der Waals surface area contributed by atoms with Crippen LogP contribution in [-0.2, 0) is 21.4 Å². The molecule has 1 saturated heterocycles. The largest absolute Gasteiger partial charge is 0.316 e. The summed E-state index contributed by atoms with van der Waals surface area (Å²) in [6.45, 7) is 0.295. The number of rotatable bonds is 6. The molecule has 6 heteroatoms. The van der Waals surface area contributed by atoms with E-state index in [-0.39, 0.29) is 10.8 Å². The van der Waals surface area contributed by atoms with E-state index in [4.69, 9.17) is 0 Å². The van der Waals surface area contributed by atoms with Gasteiger partial charge in [-0.25, -0.2) is 8.42 Å². The van der Waals surface area contributed by atoms with Gasteiger partial charge in [0.15, 0.2) is 0 Å². The van der Waals surface area contributed by atoms with E-state index in [0.717, 1.165) is 11.1 Å². The Bertz CT molecular complexity index is 1360. The van der Waals surface area contributed by atoms with Crippen LogP contribution in [0.15, 0.2) is 126 Å². The van der Waals surface area contributed by atoms with Crippen molar-refractivity contribution in [2.75, 3.05) is 0 Å². The average molecular weight is 469 g/mol. The first-order valence-electron chi connectivity index (χ1n) is 11.1. The lowest BCUT2D eigenvalue weighted by molar-refractivity contribution is -0.130. The van der Waals surface area contributed by atoms with E-state index in [1.807, 2.05) is 91.0 Å². The first-order valence-corrected chi connectivity index (χ1v) is 12.5. The fourth-order valence-corrected chi connectivity index (χ4v) is 6.20. The summed E-state index contributed by atoms with van der Waals surface area (Å²) in [5, 5.41) is 0. The fourth-order valence-electron chi connectivity index (χ4n) is 4.47. The normalized spacial score (nSPS) is 18.8. The minimum atomic E-state index is -4.02. The number of sulfonamides is 1. The van der Waals surface area contributed by atoms with Crippen molar-refractivity contribution >= 4 is 15.9 Å². The Hall–Kier alpha value is -3.74. The molecule has 34 heavy (non-hydrogen) atoms. The van der Waals surface area contributed by atoms with Gasteiger partial charge in [-0.3, -0.25) is 4.79 Å². The third-order valence-corrected chi connectivity index (χ3v) is 7.87. The minimum Gasteiger partial charge on any atom is -0.316 e. The van der Waals surface area contributed by atoms with E-state index >= 15 is 0 Å². The zero-order chi connectivity index (χ0) is 23.5. The number of benzene rings is 4. The summed E-state index contributed by atoms with van der Waals surface area (Å²) in [5.41, 5.74) is 2.32. The van der Waals surface area contributed by atoms with Gasteiger partial charge in [-0.05, 0) is 28.8 Å². The molecular formula is C28H24N2O3S. The summed E-state index contributed by atoms with van der Waals surface area (Å²) in [7, 11) is -4.02. The molecule has 1 fully saturated rings. The number of carbonyl (C=O) groups is 1. The highest BCUT2D eigenvalue weighted by atomic mass is 32.2. The fraction of sp³-hybridized carbons (Fsp3) is 0.107. The van der Waals surface area contributed by atoms with Crippen LogP contribution in [0.4, 0.5) is 0 Å². The van der Waals surface area contributed by atoms with Crippen LogP contribution in [0.1, 0.15) is 28.9 Å². The second-order valence-electron chi connectivity index (χ2n) is 8.20. The molecule has 1 amide bonds. The van der Waals surface area contributed by atoms with E-state index in [9.17, 15) is 13.2 Å². The van der Waals surface area contributed by atoms with Gasteiger partial charge in [0, 0.05) is 6.54 Å². The predicted octanol–water partition coefficient (Wildman–Crippen LogP) is 5.16. The van der Waals surface area contributed by atoms with Crippen LogP contribution in [-0.4, -0.2) is 23.5 Å². The third kappa shape index (κ3) is 4.02. The van der Waals surface area contributed by atoms with Crippen LogP contribution >= 0.6 is 0 Å². The SMILES string of the molecule is O=C1C(c2ccccc2)N(S(=O)(=O)c2ccccc2)C(c2ccccc2)N1Cc1ccccc1. The summed E-state index contributed by atoms with van der Waals surface area (Å²) < 4.78 is 29.6. The van der Waals surface area contributed by atoms with E-state index in [2.05, 4.69) is 0 Å². The molecule has 170 valence electrons. The highest BCUT2D eigenvalue weighted by Gasteiger charge is 2.53. The summed E-state index contributed by atoms with van der Waals surface area (Å²) in [4.78, 5) is 15.8. The van der Waals surface area contributed by atoms with Crippen molar-refractivity contribution in [2.45, 2.75) is 23.6 Å². The van der Waals surface area contributed by atoms with Crippen LogP contribution in [0.25, 0.3) is 0 Å². The summed E-state index contributed by atoms with van der Waals surface area (Å²) in [6, 6.07) is 35.5. The Kier molecular flexibility index (Phi) is 6.01. The van der Waals surface area contributed by atoms with Crippen molar-refractivity contribution in [1.29, 1.82) is 0 Å². The number of hydrogen-bond acceptors (Lipinski definition) is 3. The molecule has 5 rings (SSSR count). The van der Waals surface area contributed by atoms with Crippen molar-refractivity contribution in [3.8, 4) is 0 Å². The Morgan fingerprint density at radius 1 is 0.618 bits per heavy atom. The summed E-state index contributed by atoms with van der Waals surface area (Å²) in [5.74, 6) is -0.247. The maximum atomic E-state index is 14.1. The molecule has 0 aromatic heterocycles. The Morgan fingerprint density at radius 2 is 1.09 bits per heavy atom. The van der Waals surface area contributed by atoms with Crippen molar-refractivity contribution in [3.63, 3.8) is 0 Å². The molecule has 0 saturated carbocycles. The summed E-state index contributed by atoms with van der Waals surface area (Å²) in [6.07, 6.45) is -0.788. The number of nitrogens with zero attached hydrogens (tertiary/aromatic N) is 2. The molecule has 0 aliphatic carbocycles. The highest BCUT2D eigenvalue weighted by Crippen LogP contribution is 2.46. The Labute approximate surface area is 199 Å². The maximum absolute atomic E-state index is 14.1. The van der Waals surface area contributed by atoms with Gasteiger partial charge in [0.05, 0.1) is 4.90 Å². The van der Waals surface area contributed by atoms with Crippen LogP contribution in [0, 0.1) is 0 Å². The topological polar surface area (TPSA) is 57.7 Å². The first-order chi connectivity index (χ1) is 16.6. The number of amides is 1. The van der Waals surface area contributed by atoms with E-state index in [0.29, 0.717) is 12.1 Å². The molecule has 0 N–H and O–H groups in total. The average Bonchev–Trinajstić information content (AvgIpc) is 3.19. The molecule has 4 aromatic rings. The van der Waals surface area contributed by atoms with Gasteiger partial charge in [-0.2, -0.15) is 4.31 Å². The third-order valence-electron chi connectivity index (χ3n) is 6.04. The molecule has 0 bridgehead atoms. The van der Waals surface area contributed by atoms with E-state index < -0.39 is 22.2 Å². The Balaban J connectivity index is 1.72. The van der Waals surface area contributed by atoms with Crippen LogP contribution in [0.2, 0.25) is 0 Å². The van der Waals surface area contributed by atoms with Crippen LogP contribution < -0.4 is 0 Å². The van der Waals surface area contributed by atoms with Crippen molar-refractivity contribution in [1.82, 2.24) is 9.21 Å². The molecule has 2 unspecified atom stereocenters. The van der Waals surface area contributed by atoms with E-state index in [1.54, 1.807) is 35.2 Å². The van der Waals surface area contributed by atoms with Crippen molar-refractivity contribution < 1.29 is 13.2 Å². The smallest absolute Gasteiger partial charge is 0.247 e. The molecule has 1 aliphatic rings. The van der Waals surface area contributed by atoms with Gasteiger partial charge >= 0.3 is 0 Å². The van der Waals surface area contributed by atoms with Gasteiger partial charge in [0.2, 0.25) is 15.9 Å². The van der Waals surface area contributed by atoms with Crippen LogP contribution in [0.5, 0.6) is 0 Å². The lowest BCUT2D eigenvalue weighted by Gasteiger charge is -2.31. The maximum Gasteiger partial charge on any atom is 0.247 e. The van der Waals surface area contributed by atoms with Crippen molar-refractivity contribution in [2.24, 2.45) is 0 Å². The lowest BCUT2D eigenvalue weighted by Crippen LogP contribution is -2.36. The zero-order valence-electron chi connectivity index (χ0n) is 18.4. The van der Waals surface area contributed by atoms with Gasteiger partial charge in [-0.15, -0.1) is 0 Å². The predicted molar refractivity (Wildman–Crippen MR) is 131 cm³/mol. The number of hydrogen-bond donors (Lipinski definition) is 0. The minimum absolute atomic E-state index is 0.159. The molecule has 0 spiro atoms. The quantitative estimate of drug-likeness (QED) is 0.393. The molecular weight excluding hydrogens is 444 g/mol. The standard InChI is InChI=1S/C28H24N2O3S/c31-28-26(23-15-7-2-8-16-23)30(34(32,33)25-19-11-4-12-20-25)27(24-17-9-3-10-18-24)29(28)21-22-13-5-1-6-14-22/h1-20,26-27H,21H2. The molecule has 5 nitrogen and oxygen atoms in total. The van der Waals surface area contributed by atoms with E-state index in [1.165, 1.54) is 4.31 Å². The summed E-state index contributed by atoms with van der Waals surface area (Å²) >= 11 is 0. The molecule has 1 aliphatic heterocycles. The molecule has 1 heterocycles. The van der Waals surface area contributed by atoms with Gasteiger partial charge in [-0.1, -0.05) is 109 Å². The second kappa shape index (κ2) is 9.25. The lowest BCUT2D eigenvalue weighted by atomic mass is 10.1. The molecule has 0 radical (unpaired) electrons. The zero-order valence-corrected chi connectivity index (χ0v) is 19.3. The molecule has 4 aromatic carbocycles. The first kappa shape index (κ1) is 22.1. The van der Waals surface area contributed by atoms with Crippen molar-refractivity contribution in [3.05, 3.63) is 138 Å². The number of carbonyl (C=O) groups excluding carboxylic acids is 1. The van der Waals surface area contributed by atoms with Crippen LogP contribution in [0.3, 0.4) is 0 Å².